The van der Waals surface area contributed by atoms with Gasteiger partial charge in [0.2, 0.25) is 0 Å². The van der Waals surface area contributed by atoms with Gasteiger partial charge in [-0.25, -0.2) is 4.98 Å². The Morgan fingerprint density at radius 1 is 1.30 bits per heavy atom. The molecular weight excluding hydrogens is 252 g/mol. The van der Waals surface area contributed by atoms with Crippen molar-refractivity contribution in [1.82, 2.24) is 9.88 Å². The summed E-state index contributed by atoms with van der Waals surface area (Å²) in [7, 11) is 0. The van der Waals surface area contributed by atoms with Gasteiger partial charge in [0.25, 0.3) is 0 Å². The zero-order valence-corrected chi connectivity index (χ0v) is 12.8. The second kappa shape index (κ2) is 6.41. The average Bonchev–Trinajstić information content (AvgIpc) is 2.38. The molecule has 1 aromatic rings. The lowest BCUT2D eigenvalue weighted by Gasteiger charge is -2.38. The van der Waals surface area contributed by atoms with Crippen molar-refractivity contribution in [2.75, 3.05) is 49.5 Å². The smallest absolute Gasteiger partial charge is 0.127 e. The maximum Gasteiger partial charge on any atom is 0.127 e. The van der Waals surface area contributed by atoms with E-state index < -0.39 is 5.60 Å². The van der Waals surface area contributed by atoms with Gasteiger partial charge in [-0.05, 0) is 26.8 Å². The van der Waals surface area contributed by atoms with Crippen LogP contribution < -0.4 is 10.2 Å². The number of piperazine rings is 1. The molecule has 0 aliphatic carbocycles. The zero-order valence-electron chi connectivity index (χ0n) is 12.8. The molecule has 2 N–H and O–H groups in total. The summed E-state index contributed by atoms with van der Waals surface area (Å²) in [4.78, 5) is 9.01. The molecule has 0 bridgehead atoms. The molecule has 0 saturated carbocycles. The SMILES string of the molecule is CCNc1cc(N2CCN(CC(C)(C)O)CC2)ccn1. The fourth-order valence-electron chi connectivity index (χ4n) is 2.61. The third kappa shape index (κ3) is 4.35. The molecule has 0 atom stereocenters. The largest absolute Gasteiger partial charge is 0.389 e. The number of nitrogens with one attached hydrogen (secondary N) is 1. The summed E-state index contributed by atoms with van der Waals surface area (Å²) in [6.45, 7) is 11.4. The highest BCUT2D eigenvalue weighted by molar-refractivity contribution is 5.54. The van der Waals surface area contributed by atoms with Gasteiger partial charge in [0, 0.05) is 57.2 Å². The van der Waals surface area contributed by atoms with Gasteiger partial charge in [-0.3, -0.25) is 4.90 Å². The maximum atomic E-state index is 9.88. The van der Waals surface area contributed by atoms with E-state index in [1.165, 1.54) is 5.69 Å². The molecule has 1 aliphatic rings. The number of aliphatic hydroxyl groups is 1. The summed E-state index contributed by atoms with van der Waals surface area (Å²) in [5.74, 6) is 0.934. The molecule has 0 radical (unpaired) electrons. The van der Waals surface area contributed by atoms with Crippen molar-refractivity contribution in [3.63, 3.8) is 0 Å². The molecule has 1 fully saturated rings. The highest BCUT2D eigenvalue weighted by Crippen LogP contribution is 2.19. The van der Waals surface area contributed by atoms with Gasteiger partial charge in [-0.1, -0.05) is 0 Å². The fourth-order valence-corrected chi connectivity index (χ4v) is 2.61. The topological polar surface area (TPSA) is 51.6 Å². The summed E-state index contributed by atoms with van der Waals surface area (Å²) < 4.78 is 0. The predicted molar refractivity (Wildman–Crippen MR) is 83.4 cm³/mol. The normalized spacial score (nSPS) is 17.3. The highest BCUT2D eigenvalue weighted by Gasteiger charge is 2.22. The molecule has 2 rings (SSSR count). The van der Waals surface area contributed by atoms with Crippen LogP contribution >= 0.6 is 0 Å². The van der Waals surface area contributed by atoms with Crippen LogP contribution in [-0.4, -0.2) is 59.9 Å². The molecule has 0 aromatic carbocycles. The molecule has 0 unspecified atom stereocenters. The zero-order chi connectivity index (χ0) is 14.6. The van der Waals surface area contributed by atoms with E-state index in [-0.39, 0.29) is 0 Å². The van der Waals surface area contributed by atoms with Crippen molar-refractivity contribution in [1.29, 1.82) is 0 Å². The Hall–Kier alpha value is -1.33. The van der Waals surface area contributed by atoms with Gasteiger partial charge in [0.1, 0.15) is 5.82 Å². The van der Waals surface area contributed by atoms with Crippen molar-refractivity contribution in [3.05, 3.63) is 18.3 Å². The Bertz CT molecular complexity index is 422. The van der Waals surface area contributed by atoms with E-state index in [9.17, 15) is 5.11 Å². The summed E-state index contributed by atoms with van der Waals surface area (Å²) in [5, 5.41) is 13.1. The lowest BCUT2D eigenvalue weighted by atomic mass is 10.1. The van der Waals surface area contributed by atoms with Crippen molar-refractivity contribution < 1.29 is 5.11 Å². The second-order valence-corrected chi connectivity index (χ2v) is 6.01. The summed E-state index contributed by atoms with van der Waals surface area (Å²) in [6.07, 6.45) is 1.86. The first-order valence-corrected chi connectivity index (χ1v) is 7.37. The molecule has 1 aromatic heterocycles. The molecule has 0 spiro atoms. The van der Waals surface area contributed by atoms with Crippen LogP contribution in [0.25, 0.3) is 0 Å². The summed E-state index contributed by atoms with van der Waals surface area (Å²) in [5.41, 5.74) is 0.607. The van der Waals surface area contributed by atoms with Crippen LogP contribution in [0.4, 0.5) is 11.5 Å². The molecule has 1 saturated heterocycles. The minimum Gasteiger partial charge on any atom is -0.389 e. The van der Waals surface area contributed by atoms with Crippen LogP contribution in [-0.2, 0) is 0 Å². The number of anilines is 2. The highest BCUT2D eigenvalue weighted by atomic mass is 16.3. The third-order valence-corrected chi connectivity index (χ3v) is 3.45. The molecule has 1 aliphatic heterocycles. The number of hydrogen-bond acceptors (Lipinski definition) is 5. The van der Waals surface area contributed by atoms with E-state index in [1.54, 1.807) is 0 Å². The Morgan fingerprint density at radius 3 is 2.60 bits per heavy atom. The van der Waals surface area contributed by atoms with Crippen molar-refractivity contribution >= 4 is 11.5 Å². The lowest BCUT2D eigenvalue weighted by molar-refractivity contribution is 0.0345. The van der Waals surface area contributed by atoms with Gasteiger partial charge in [0.15, 0.2) is 0 Å². The molecule has 112 valence electrons. The molecule has 20 heavy (non-hydrogen) atoms. The summed E-state index contributed by atoms with van der Waals surface area (Å²) >= 11 is 0. The quantitative estimate of drug-likeness (QED) is 0.853. The van der Waals surface area contributed by atoms with Gasteiger partial charge >= 0.3 is 0 Å². The number of nitrogens with zero attached hydrogens (tertiary/aromatic N) is 3. The maximum absolute atomic E-state index is 9.88. The Balaban J connectivity index is 1.92. The molecule has 2 heterocycles. The monoisotopic (exact) mass is 278 g/mol. The number of aromatic nitrogens is 1. The number of β-amino-alcohol motifs (C(OH)–C–C–N with tert-alkyl or cyclic N) is 1. The molecule has 5 heteroatoms. The van der Waals surface area contributed by atoms with E-state index in [1.807, 2.05) is 20.0 Å². The average molecular weight is 278 g/mol. The Labute approximate surface area is 121 Å². The first-order valence-electron chi connectivity index (χ1n) is 7.37. The summed E-state index contributed by atoms with van der Waals surface area (Å²) in [6, 6.07) is 4.17. The Kier molecular flexibility index (Phi) is 4.83. The second-order valence-electron chi connectivity index (χ2n) is 6.01. The lowest BCUT2D eigenvalue weighted by Crippen LogP contribution is -2.50. The van der Waals surface area contributed by atoms with Gasteiger partial charge in [-0.2, -0.15) is 0 Å². The van der Waals surface area contributed by atoms with Gasteiger partial charge < -0.3 is 15.3 Å². The third-order valence-electron chi connectivity index (χ3n) is 3.45. The Morgan fingerprint density at radius 2 is 2.00 bits per heavy atom. The van der Waals surface area contributed by atoms with Gasteiger partial charge in [0.05, 0.1) is 5.60 Å². The van der Waals surface area contributed by atoms with E-state index in [2.05, 4.69) is 39.2 Å². The van der Waals surface area contributed by atoms with Crippen LogP contribution in [0.1, 0.15) is 20.8 Å². The van der Waals surface area contributed by atoms with Crippen molar-refractivity contribution in [2.45, 2.75) is 26.4 Å². The van der Waals surface area contributed by atoms with E-state index in [0.29, 0.717) is 0 Å². The van der Waals surface area contributed by atoms with Gasteiger partial charge in [-0.15, -0.1) is 0 Å². The molecular formula is C15H26N4O. The van der Waals surface area contributed by atoms with Crippen molar-refractivity contribution in [2.24, 2.45) is 0 Å². The molecule has 0 amide bonds. The first kappa shape index (κ1) is 15.1. The number of rotatable bonds is 5. The predicted octanol–water partition coefficient (Wildman–Crippen LogP) is 1.41. The van der Waals surface area contributed by atoms with Crippen LogP contribution in [0, 0.1) is 0 Å². The first-order chi connectivity index (χ1) is 9.48. The van der Waals surface area contributed by atoms with Crippen LogP contribution in [0.2, 0.25) is 0 Å². The minimum atomic E-state index is -0.614. The van der Waals surface area contributed by atoms with E-state index >= 15 is 0 Å². The standard InChI is InChI=1S/C15H26N4O/c1-4-16-14-11-13(5-6-17-14)19-9-7-18(8-10-19)12-15(2,3)20/h5-6,11,20H,4,7-10,12H2,1-3H3,(H,16,17). The number of hydrogen-bond donors (Lipinski definition) is 2. The van der Waals surface area contributed by atoms with Crippen LogP contribution in [0.5, 0.6) is 0 Å². The van der Waals surface area contributed by atoms with E-state index in [0.717, 1.165) is 45.1 Å². The minimum absolute atomic E-state index is 0.614. The van der Waals surface area contributed by atoms with E-state index in [4.69, 9.17) is 0 Å². The fraction of sp³-hybridized carbons (Fsp3) is 0.667. The van der Waals surface area contributed by atoms with Crippen LogP contribution in [0.3, 0.4) is 0 Å². The van der Waals surface area contributed by atoms with Crippen LogP contribution in [0.15, 0.2) is 18.3 Å². The number of pyridine rings is 1. The van der Waals surface area contributed by atoms with Crippen molar-refractivity contribution in [3.8, 4) is 0 Å². The molecule has 5 nitrogen and oxygen atoms in total.